The number of carbonyl (C=O) groups is 1. The van der Waals surface area contributed by atoms with E-state index in [0.717, 1.165) is 29.7 Å². The Morgan fingerprint density at radius 2 is 2.00 bits per heavy atom. The largest absolute Gasteiger partial charge is 0.350 e. The molecule has 0 atom stereocenters. The third kappa shape index (κ3) is 4.09. The average Bonchev–Trinajstić information content (AvgIpc) is 3.36. The second kappa shape index (κ2) is 8.05. The zero-order valence-electron chi connectivity index (χ0n) is 15.6. The smallest absolute Gasteiger partial charge is 0.308 e. The minimum atomic E-state index is -3.55. The monoisotopic (exact) mass is 432 g/mol. The second-order valence-corrected chi connectivity index (χ2v) is 9.76. The Morgan fingerprint density at radius 3 is 2.72 bits per heavy atom. The van der Waals surface area contributed by atoms with Gasteiger partial charge >= 0.3 is 4.87 Å². The molecular formula is C19H20N4O4S2. The summed E-state index contributed by atoms with van der Waals surface area (Å²) < 4.78 is 28.9. The van der Waals surface area contributed by atoms with Gasteiger partial charge in [0.2, 0.25) is 15.9 Å². The highest BCUT2D eigenvalue weighted by molar-refractivity contribution is 7.89. The number of nitrogens with one attached hydrogen (secondary N) is 1. The van der Waals surface area contributed by atoms with Crippen molar-refractivity contribution >= 4 is 37.5 Å². The summed E-state index contributed by atoms with van der Waals surface area (Å²) >= 11 is 0.942. The summed E-state index contributed by atoms with van der Waals surface area (Å²) in [7, 11) is -3.55. The van der Waals surface area contributed by atoms with Gasteiger partial charge in [-0.1, -0.05) is 17.4 Å². The normalized spacial score (nSPS) is 15.0. The number of amides is 1. The van der Waals surface area contributed by atoms with Gasteiger partial charge in [-0.15, -0.1) is 0 Å². The maximum atomic E-state index is 12.7. The van der Waals surface area contributed by atoms with E-state index < -0.39 is 10.0 Å². The fourth-order valence-electron chi connectivity index (χ4n) is 3.34. The van der Waals surface area contributed by atoms with E-state index in [1.54, 1.807) is 24.5 Å². The van der Waals surface area contributed by atoms with Crippen LogP contribution in [0.3, 0.4) is 0 Å². The molecule has 1 fully saturated rings. The maximum Gasteiger partial charge on any atom is 0.308 e. The molecule has 1 saturated heterocycles. The topological polar surface area (TPSA) is 101 Å². The fraction of sp³-hybridized carbons (Fsp3) is 0.316. The van der Waals surface area contributed by atoms with E-state index in [2.05, 4.69) is 10.3 Å². The zero-order chi connectivity index (χ0) is 20.4. The molecule has 1 aromatic carbocycles. The van der Waals surface area contributed by atoms with Gasteiger partial charge in [-0.3, -0.25) is 19.1 Å². The second-order valence-electron chi connectivity index (χ2n) is 6.83. The number of benzene rings is 1. The van der Waals surface area contributed by atoms with E-state index in [4.69, 9.17) is 0 Å². The van der Waals surface area contributed by atoms with Crippen LogP contribution in [0, 0.1) is 0 Å². The highest BCUT2D eigenvalue weighted by atomic mass is 32.2. The number of pyridine rings is 1. The van der Waals surface area contributed by atoms with Crippen LogP contribution in [-0.2, 0) is 27.9 Å². The van der Waals surface area contributed by atoms with Gasteiger partial charge in [0.15, 0.2) is 0 Å². The molecule has 0 saturated carbocycles. The van der Waals surface area contributed by atoms with Crippen molar-refractivity contribution in [3.63, 3.8) is 0 Å². The van der Waals surface area contributed by atoms with Gasteiger partial charge in [0, 0.05) is 32.0 Å². The van der Waals surface area contributed by atoms with Crippen LogP contribution in [0.15, 0.2) is 52.4 Å². The third-order valence-corrected chi connectivity index (χ3v) is 7.69. The van der Waals surface area contributed by atoms with Crippen molar-refractivity contribution in [2.45, 2.75) is 30.8 Å². The molecule has 3 aromatic rings. The van der Waals surface area contributed by atoms with Crippen molar-refractivity contribution in [3.05, 3.63) is 58.0 Å². The molecule has 152 valence electrons. The Hall–Kier alpha value is -2.56. The molecule has 0 spiro atoms. The van der Waals surface area contributed by atoms with Crippen molar-refractivity contribution < 1.29 is 13.2 Å². The molecule has 8 nitrogen and oxygen atoms in total. The van der Waals surface area contributed by atoms with Gasteiger partial charge in [-0.05, 0) is 42.7 Å². The number of hydrogen-bond donors (Lipinski definition) is 1. The number of thiazole rings is 1. The lowest BCUT2D eigenvalue weighted by Gasteiger charge is -2.15. The van der Waals surface area contributed by atoms with Crippen molar-refractivity contribution in [2.75, 3.05) is 13.1 Å². The molecule has 1 aliphatic heterocycles. The average molecular weight is 433 g/mol. The van der Waals surface area contributed by atoms with Crippen LogP contribution in [0.25, 0.3) is 10.2 Å². The first-order chi connectivity index (χ1) is 13.9. The Balaban J connectivity index is 1.54. The number of hydrogen-bond acceptors (Lipinski definition) is 6. The number of aromatic nitrogens is 2. The molecule has 0 bridgehead atoms. The zero-order valence-corrected chi connectivity index (χ0v) is 17.2. The van der Waals surface area contributed by atoms with E-state index in [9.17, 15) is 18.0 Å². The standard InChI is InChI=1S/C19H20N4O4S2/c24-18(21-12-14-4-3-7-20-11-14)13-23-16-6-5-15(10-17(16)28-19(23)25)29(26,27)22-8-1-2-9-22/h3-7,10-11H,1-2,8-9,12-13H2,(H,21,24). The highest BCUT2D eigenvalue weighted by Crippen LogP contribution is 2.26. The van der Waals surface area contributed by atoms with Crippen molar-refractivity contribution in [3.8, 4) is 0 Å². The van der Waals surface area contributed by atoms with E-state index in [0.29, 0.717) is 29.9 Å². The van der Waals surface area contributed by atoms with Crippen LogP contribution in [-0.4, -0.2) is 41.3 Å². The van der Waals surface area contributed by atoms with Gasteiger partial charge in [0.1, 0.15) is 6.54 Å². The lowest BCUT2D eigenvalue weighted by atomic mass is 10.3. The molecule has 4 rings (SSSR count). The fourth-order valence-corrected chi connectivity index (χ4v) is 5.89. The van der Waals surface area contributed by atoms with Gasteiger partial charge in [-0.2, -0.15) is 4.31 Å². The highest BCUT2D eigenvalue weighted by Gasteiger charge is 2.27. The predicted octanol–water partition coefficient (Wildman–Crippen LogP) is 1.56. The van der Waals surface area contributed by atoms with Crippen LogP contribution >= 0.6 is 11.3 Å². The van der Waals surface area contributed by atoms with Gasteiger partial charge in [0.25, 0.3) is 0 Å². The van der Waals surface area contributed by atoms with E-state index in [1.165, 1.54) is 21.0 Å². The molecule has 1 amide bonds. The molecule has 10 heteroatoms. The van der Waals surface area contributed by atoms with E-state index in [-0.39, 0.29) is 22.2 Å². The quantitative estimate of drug-likeness (QED) is 0.637. The van der Waals surface area contributed by atoms with Crippen molar-refractivity contribution in [1.29, 1.82) is 0 Å². The summed E-state index contributed by atoms with van der Waals surface area (Å²) in [6, 6.07) is 8.27. The lowest BCUT2D eigenvalue weighted by Crippen LogP contribution is -2.30. The number of fused-ring (bicyclic) bond motifs is 1. The number of nitrogens with zero attached hydrogens (tertiary/aromatic N) is 3. The number of rotatable bonds is 6. The summed E-state index contributed by atoms with van der Waals surface area (Å²) in [4.78, 5) is 28.6. The first-order valence-electron chi connectivity index (χ1n) is 9.24. The molecule has 29 heavy (non-hydrogen) atoms. The van der Waals surface area contributed by atoms with Crippen LogP contribution in [0.4, 0.5) is 0 Å². The minimum absolute atomic E-state index is 0.128. The van der Waals surface area contributed by atoms with Crippen molar-refractivity contribution in [2.24, 2.45) is 0 Å². The molecule has 1 aliphatic rings. The van der Waals surface area contributed by atoms with Gasteiger partial charge in [0.05, 0.1) is 15.1 Å². The molecule has 0 unspecified atom stereocenters. The summed E-state index contributed by atoms with van der Waals surface area (Å²) in [5.41, 5.74) is 1.41. The summed E-state index contributed by atoms with van der Waals surface area (Å²) in [6.45, 7) is 1.24. The molecule has 0 aliphatic carbocycles. The van der Waals surface area contributed by atoms with Crippen molar-refractivity contribution in [1.82, 2.24) is 19.2 Å². The minimum Gasteiger partial charge on any atom is -0.350 e. The molecule has 1 N–H and O–H groups in total. The van der Waals surface area contributed by atoms with Crippen LogP contribution in [0.1, 0.15) is 18.4 Å². The summed E-state index contributed by atoms with van der Waals surface area (Å²) in [5.74, 6) is -0.301. The van der Waals surface area contributed by atoms with Gasteiger partial charge in [-0.25, -0.2) is 8.42 Å². The van der Waals surface area contributed by atoms with Gasteiger partial charge < -0.3 is 5.32 Å². The van der Waals surface area contributed by atoms with E-state index >= 15 is 0 Å². The third-order valence-electron chi connectivity index (χ3n) is 4.86. The first kappa shape index (κ1) is 19.7. The van der Waals surface area contributed by atoms with Crippen LogP contribution < -0.4 is 10.2 Å². The Morgan fingerprint density at radius 1 is 1.21 bits per heavy atom. The SMILES string of the molecule is O=C(Cn1c(=O)sc2cc(S(=O)(=O)N3CCCC3)ccc21)NCc1cccnc1. The van der Waals surface area contributed by atoms with E-state index in [1.807, 2.05) is 6.07 Å². The molecular weight excluding hydrogens is 412 g/mol. The number of carbonyl (C=O) groups excluding carboxylic acids is 1. The summed E-state index contributed by atoms with van der Waals surface area (Å²) in [6.07, 6.45) is 5.04. The lowest BCUT2D eigenvalue weighted by molar-refractivity contribution is -0.121. The first-order valence-corrected chi connectivity index (χ1v) is 11.5. The van der Waals surface area contributed by atoms with Crippen LogP contribution in [0.5, 0.6) is 0 Å². The Labute approximate surface area is 171 Å². The molecule has 2 aromatic heterocycles. The maximum absolute atomic E-state index is 12.7. The Kier molecular flexibility index (Phi) is 5.48. The van der Waals surface area contributed by atoms with Crippen LogP contribution in [0.2, 0.25) is 0 Å². The number of sulfonamides is 1. The summed E-state index contributed by atoms with van der Waals surface area (Å²) in [5, 5.41) is 2.77. The molecule has 0 radical (unpaired) electrons. The predicted molar refractivity (Wildman–Crippen MR) is 110 cm³/mol. The Bertz CT molecular complexity index is 1200. The molecule has 3 heterocycles.